The van der Waals surface area contributed by atoms with Crippen LogP contribution in [0.4, 0.5) is 5.69 Å². The van der Waals surface area contributed by atoms with Crippen LogP contribution in [0.1, 0.15) is 12.5 Å². The van der Waals surface area contributed by atoms with E-state index in [2.05, 4.69) is 5.32 Å². The van der Waals surface area contributed by atoms with Crippen molar-refractivity contribution in [3.8, 4) is 11.5 Å². The van der Waals surface area contributed by atoms with Gasteiger partial charge >= 0.3 is 0 Å². The number of carbonyl (C=O) groups is 2. The number of fused-ring (bicyclic) bond motifs is 1. The van der Waals surface area contributed by atoms with Gasteiger partial charge in [-0.1, -0.05) is 23.7 Å². The number of hydrogen-bond acceptors (Lipinski definition) is 6. The molecule has 1 N–H and O–H groups in total. The normalized spacial score (nSPS) is 18.8. The first-order valence-corrected chi connectivity index (χ1v) is 12.2. The quantitative estimate of drug-likeness (QED) is 0.684. The summed E-state index contributed by atoms with van der Waals surface area (Å²) in [6.07, 6.45) is -0.532. The third kappa shape index (κ3) is 4.78. The molecule has 2 amide bonds. The number of piperazine rings is 1. The molecule has 2 aromatic carbocycles. The number of rotatable bonds is 5. The minimum Gasteiger partial charge on any atom is -0.497 e. The highest BCUT2D eigenvalue weighted by Crippen LogP contribution is 2.38. The zero-order valence-electron chi connectivity index (χ0n) is 18.2. The maximum Gasteiger partial charge on any atom is 0.265 e. The number of sulfonamides is 1. The monoisotopic (exact) mass is 493 g/mol. The van der Waals surface area contributed by atoms with Gasteiger partial charge in [-0.05, 0) is 30.7 Å². The summed E-state index contributed by atoms with van der Waals surface area (Å²) >= 11 is 6.26. The molecule has 2 aliphatic rings. The second-order valence-electron chi connectivity index (χ2n) is 7.84. The van der Waals surface area contributed by atoms with Crippen LogP contribution in [0, 0.1) is 0 Å². The highest BCUT2D eigenvalue weighted by atomic mass is 35.5. The van der Waals surface area contributed by atoms with E-state index in [1.54, 1.807) is 18.9 Å². The Labute approximate surface area is 197 Å². The maximum atomic E-state index is 13.3. The molecular weight excluding hydrogens is 470 g/mol. The first-order valence-electron chi connectivity index (χ1n) is 10.4. The second-order valence-corrected chi connectivity index (χ2v) is 10.2. The molecule has 1 atom stereocenters. The molecule has 0 radical (unpaired) electrons. The number of anilines is 1. The molecule has 11 heteroatoms. The second kappa shape index (κ2) is 9.20. The van der Waals surface area contributed by atoms with Crippen LogP contribution < -0.4 is 14.8 Å². The van der Waals surface area contributed by atoms with Gasteiger partial charge in [-0.2, -0.15) is 4.31 Å². The van der Waals surface area contributed by atoms with Crippen molar-refractivity contribution in [1.29, 1.82) is 0 Å². The minimum absolute atomic E-state index is 0.0104. The largest absolute Gasteiger partial charge is 0.497 e. The van der Waals surface area contributed by atoms with E-state index in [-0.39, 0.29) is 60.1 Å². The van der Waals surface area contributed by atoms with Gasteiger partial charge in [0.1, 0.15) is 16.4 Å². The van der Waals surface area contributed by atoms with Gasteiger partial charge in [-0.3, -0.25) is 9.59 Å². The van der Waals surface area contributed by atoms with E-state index < -0.39 is 16.1 Å². The van der Waals surface area contributed by atoms with Crippen molar-refractivity contribution in [1.82, 2.24) is 9.21 Å². The lowest BCUT2D eigenvalue weighted by Crippen LogP contribution is -2.50. The number of carbonyl (C=O) groups excluding carboxylic acids is 2. The Hall–Kier alpha value is -2.82. The van der Waals surface area contributed by atoms with Crippen LogP contribution in [0.2, 0.25) is 5.02 Å². The number of halogens is 1. The van der Waals surface area contributed by atoms with Crippen molar-refractivity contribution in [2.45, 2.75) is 24.3 Å². The van der Waals surface area contributed by atoms with Crippen LogP contribution >= 0.6 is 11.6 Å². The Morgan fingerprint density at radius 2 is 1.94 bits per heavy atom. The molecule has 0 aromatic heterocycles. The predicted octanol–water partition coefficient (Wildman–Crippen LogP) is 2.14. The zero-order chi connectivity index (χ0) is 23.8. The molecule has 33 heavy (non-hydrogen) atoms. The van der Waals surface area contributed by atoms with Crippen LogP contribution in [0.5, 0.6) is 11.5 Å². The van der Waals surface area contributed by atoms with E-state index in [9.17, 15) is 18.0 Å². The Balaban J connectivity index is 1.44. The number of nitrogens with one attached hydrogen (secondary N) is 1. The van der Waals surface area contributed by atoms with Crippen LogP contribution in [0.15, 0.2) is 41.3 Å². The average molecular weight is 494 g/mol. The van der Waals surface area contributed by atoms with Gasteiger partial charge in [-0.25, -0.2) is 8.42 Å². The molecule has 2 aromatic rings. The van der Waals surface area contributed by atoms with Crippen LogP contribution in [0.3, 0.4) is 0 Å². The van der Waals surface area contributed by atoms with Gasteiger partial charge in [0.05, 0.1) is 24.2 Å². The summed E-state index contributed by atoms with van der Waals surface area (Å²) in [5.41, 5.74) is 1.16. The fourth-order valence-electron chi connectivity index (χ4n) is 3.79. The third-order valence-electron chi connectivity index (χ3n) is 5.66. The Bertz CT molecular complexity index is 1190. The summed E-state index contributed by atoms with van der Waals surface area (Å²) in [6, 6.07) is 10.0. The highest BCUT2D eigenvalue weighted by molar-refractivity contribution is 7.89. The molecule has 0 bridgehead atoms. The number of benzene rings is 2. The van der Waals surface area contributed by atoms with Crippen LogP contribution in [0.25, 0.3) is 0 Å². The summed E-state index contributed by atoms with van der Waals surface area (Å²) in [6.45, 7) is 2.41. The highest BCUT2D eigenvalue weighted by Gasteiger charge is 2.34. The molecular formula is C22H24ClN3O6S. The number of amides is 2. The van der Waals surface area contributed by atoms with Gasteiger partial charge in [-0.15, -0.1) is 0 Å². The van der Waals surface area contributed by atoms with Crippen LogP contribution in [-0.2, 0) is 26.0 Å². The summed E-state index contributed by atoms with van der Waals surface area (Å²) in [5, 5.41) is 2.63. The van der Waals surface area contributed by atoms with Gasteiger partial charge in [0.25, 0.3) is 5.91 Å². The van der Waals surface area contributed by atoms with Crippen molar-refractivity contribution >= 4 is 39.1 Å². The molecule has 176 valence electrons. The van der Waals surface area contributed by atoms with Gasteiger partial charge < -0.3 is 19.7 Å². The van der Waals surface area contributed by atoms with Crippen molar-refractivity contribution in [3.63, 3.8) is 0 Å². The van der Waals surface area contributed by atoms with E-state index in [1.807, 2.05) is 24.3 Å². The third-order valence-corrected chi connectivity index (χ3v) is 8.03. The van der Waals surface area contributed by atoms with E-state index in [4.69, 9.17) is 21.1 Å². The smallest absolute Gasteiger partial charge is 0.265 e. The van der Waals surface area contributed by atoms with E-state index >= 15 is 0 Å². The summed E-state index contributed by atoms with van der Waals surface area (Å²) in [7, 11) is -2.35. The number of hydrogen-bond donors (Lipinski definition) is 1. The molecule has 9 nitrogen and oxygen atoms in total. The minimum atomic E-state index is -3.92. The summed E-state index contributed by atoms with van der Waals surface area (Å²) in [4.78, 5) is 26.1. The van der Waals surface area contributed by atoms with E-state index in [0.29, 0.717) is 11.4 Å². The molecule has 0 saturated carbocycles. The molecule has 2 heterocycles. The standard InChI is InChI=1S/C22H24ClN3O6S/c1-14-22(28)24-18-12-17(23)20(13-19(18)32-14)33(29,30)26-8-6-25(7-9-26)21(27)11-15-4-3-5-16(10-15)31-2/h3-5,10,12-14H,6-9,11H2,1-2H3,(H,24,28). The number of methoxy groups -OCH3 is 1. The van der Waals surface area contributed by atoms with Crippen molar-refractivity contribution in [3.05, 3.63) is 47.0 Å². The SMILES string of the molecule is COc1cccc(CC(=O)N2CCN(S(=O)(=O)c3cc4c(cc3Cl)NC(=O)C(C)O4)CC2)c1. The van der Waals surface area contributed by atoms with Gasteiger partial charge in [0.2, 0.25) is 15.9 Å². The lowest BCUT2D eigenvalue weighted by atomic mass is 10.1. The number of nitrogens with zero attached hydrogens (tertiary/aromatic N) is 2. The van der Waals surface area contributed by atoms with Crippen LogP contribution in [-0.4, -0.2) is 68.8 Å². The maximum absolute atomic E-state index is 13.3. The van der Waals surface area contributed by atoms with E-state index in [1.165, 1.54) is 16.4 Å². The molecule has 4 rings (SSSR count). The fourth-order valence-corrected chi connectivity index (χ4v) is 5.73. The Morgan fingerprint density at radius 3 is 2.64 bits per heavy atom. The van der Waals surface area contributed by atoms with E-state index in [0.717, 1.165) is 5.56 Å². The Morgan fingerprint density at radius 1 is 1.21 bits per heavy atom. The Kier molecular flexibility index (Phi) is 6.51. The lowest BCUT2D eigenvalue weighted by Gasteiger charge is -2.34. The first-order chi connectivity index (χ1) is 15.7. The topological polar surface area (TPSA) is 105 Å². The van der Waals surface area contributed by atoms with Gasteiger partial charge in [0.15, 0.2) is 6.10 Å². The molecule has 1 unspecified atom stereocenters. The van der Waals surface area contributed by atoms with Crippen molar-refractivity contribution < 1.29 is 27.5 Å². The molecule has 0 aliphatic carbocycles. The zero-order valence-corrected chi connectivity index (χ0v) is 19.8. The molecule has 1 saturated heterocycles. The fraction of sp³-hybridized carbons (Fsp3) is 0.364. The molecule has 2 aliphatic heterocycles. The van der Waals surface area contributed by atoms with Crippen molar-refractivity contribution in [2.75, 3.05) is 38.6 Å². The summed E-state index contributed by atoms with van der Waals surface area (Å²) in [5.74, 6) is 0.516. The molecule has 1 fully saturated rings. The lowest BCUT2D eigenvalue weighted by molar-refractivity contribution is -0.131. The first kappa shape index (κ1) is 23.3. The van der Waals surface area contributed by atoms with Crippen molar-refractivity contribution in [2.24, 2.45) is 0 Å². The molecule has 0 spiro atoms. The number of ether oxygens (including phenoxy) is 2. The summed E-state index contributed by atoms with van der Waals surface area (Å²) < 4.78 is 38.5. The van der Waals surface area contributed by atoms with Gasteiger partial charge in [0, 0.05) is 32.2 Å². The average Bonchev–Trinajstić information content (AvgIpc) is 2.80. The predicted molar refractivity (Wildman–Crippen MR) is 122 cm³/mol.